The molecule has 0 unspecified atom stereocenters. The summed E-state index contributed by atoms with van der Waals surface area (Å²) in [6.07, 6.45) is 4.57. The van der Waals surface area contributed by atoms with E-state index in [1.54, 1.807) is 25.3 Å². The number of aromatic nitrogens is 3. The van der Waals surface area contributed by atoms with Gasteiger partial charge in [-0.15, -0.1) is 0 Å². The molecule has 7 heteroatoms. The van der Waals surface area contributed by atoms with Crippen LogP contribution in [-0.4, -0.2) is 20.9 Å². The molecule has 0 aliphatic heterocycles. The third kappa shape index (κ3) is 4.57. The Morgan fingerprint density at radius 1 is 1.04 bits per heavy atom. The molecule has 126 valence electrons. The first-order valence-corrected chi connectivity index (χ1v) is 7.55. The molecule has 6 nitrogen and oxygen atoms in total. The normalized spacial score (nSPS) is 10.3. The lowest BCUT2D eigenvalue weighted by atomic mass is 10.2. The van der Waals surface area contributed by atoms with E-state index < -0.39 is 0 Å². The molecule has 2 aromatic heterocycles. The Morgan fingerprint density at radius 3 is 2.48 bits per heavy atom. The van der Waals surface area contributed by atoms with Gasteiger partial charge in [0.05, 0.1) is 11.9 Å². The third-order valence-corrected chi connectivity index (χ3v) is 3.30. The first-order valence-electron chi connectivity index (χ1n) is 7.55. The van der Waals surface area contributed by atoms with Crippen LogP contribution in [0.3, 0.4) is 0 Å². The third-order valence-electron chi connectivity index (χ3n) is 3.30. The van der Waals surface area contributed by atoms with Gasteiger partial charge in [0.2, 0.25) is 5.88 Å². The number of nitrogens with one attached hydrogen (secondary N) is 1. The first kappa shape index (κ1) is 16.5. The minimum Gasteiger partial charge on any atom is -0.439 e. The minimum atomic E-state index is -0.329. The van der Waals surface area contributed by atoms with Crippen LogP contribution in [0.5, 0.6) is 11.6 Å². The molecular weight excluding hydrogens is 323 g/mol. The number of pyridine rings is 1. The summed E-state index contributed by atoms with van der Waals surface area (Å²) in [5.74, 6) is 0.239. The smallest absolute Gasteiger partial charge is 0.271 e. The van der Waals surface area contributed by atoms with Gasteiger partial charge in [-0.05, 0) is 36.8 Å². The van der Waals surface area contributed by atoms with Gasteiger partial charge in [-0.25, -0.2) is 14.4 Å². The maximum absolute atomic E-state index is 12.9. The number of hydrogen-bond donors (Lipinski definition) is 1. The molecule has 0 spiro atoms. The van der Waals surface area contributed by atoms with E-state index in [-0.39, 0.29) is 17.4 Å². The van der Waals surface area contributed by atoms with Gasteiger partial charge in [-0.1, -0.05) is 6.07 Å². The van der Waals surface area contributed by atoms with E-state index in [1.165, 1.54) is 36.7 Å². The molecule has 0 atom stereocenters. The summed E-state index contributed by atoms with van der Waals surface area (Å²) in [5, 5.41) is 2.75. The first-order chi connectivity index (χ1) is 12.1. The van der Waals surface area contributed by atoms with Gasteiger partial charge in [0, 0.05) is 25.0 Å². The SMILES string of the molecule is Cc1cnc(C(=O)NCc2ccc(Oc3ccc(F)cc3)nc2)cn1. The van der Waals surface area contributed by atoms with Crippen molar-refractivity contribution >= 4 is 5.91 Å². The molecule has 0 aliphatic carbocycles. The predicted molar refractivity (Wildman–Crippen MR) is 88.7 cm³/mol. The van der Waals surface area contributed by atoms with E-state index in [0.29, 0.717) is 18.2 Å². The van der Waals surface area contributed by atoms with Gasteiger partial charge < -0.3 is 10.1 Å². The van der Waals surface area contributed by atoms with E-state index in [9.17, 15) is 9.18 Å². The maximum atomic E-state index is 12.9. The summed E-state index contributed by atoms with van der Waals surface area (Å²) in [6, 6.07) is 9.13. The number of aryl methyl sites for hydroxylation is 1. The predicted octanol–water partition coefficient (Wildman–Crippen LogP) is 3.04. The maximum Gasteiger partial charge on any atom is 0.271 e. The van der Waals surface area contributed by atoms with Gasteiger partial charge in [0.15, 0.2) is 0 Å². The second kappa shape index (κ2) is 7.48. The van der Waals surface area contributed by atoms with Gasteiger partial charge >= 0.3 is 0 Å². The van der Waals surface area contributed by atoms with E-state index in [0.717, 1.165) is 11.3 Å². The number of amides is 1. The molecule has 3 aromatic rings. The summed E-state index contributed by atoms with van der Waals surface area (Å²) < 4.78 is 18.4. The topological polar surface area (TPSA) is 77.0 Å². The van der Waals surface area contributed by atoms with Gasteiger partial charge in [-0.3, -0.25) is 9.78 Å². The summed E-state index contributed by atoms with van der Waals surface area (Å²) in [6.45, 7) is 2.11. The molecule has 1 N–H and O–H groups in total. The largest absolute Gasteiger partial charge is 0.439 e. The zero-order valence-electron chi connectivity index (χ0n) is 13.4. The van der Waals surface area contributed by atoms with Crippen LogP contribution in [0.15, 0.2) is 55.0 Å². The fourth-order valence-corrected chi connectivity index (χ4v) is 1.98. The van der Waals surface area contributed by atoms with Crippen LogP contribution in [-0.2, 0) is 6.54 Å². The highest BCUT2D eigenvalue weighted by Gasteiger charge is 2.07. The van der Waals surface area contributed by atoms with Crippen molar-refractivity contribution in [1.82, 2.24) is 20.3 Å². The van der Waals surface area contributed by atoms with Crippen LogP contribution >= 0.6 is 0 Å². The Balaban J connectivity index is 1.56. The van der Waals surface area contributed by atoms with E-state index >= 15 is 0 Å². The molecule has 0 saturated heterocycles. The van der Waals surface area contributed by atoms with Crippen LogP contribution in [0, 0.1) is 12.7 Å². The molecule has 0 radical (unpaired) electrons. The molecule has 0 bridgehead atoms. The molecule has 25 heavy (non-hydrogen) atoms. The second-order valence-electron chi connectivity index (χ2n) is 5.29. The molecule has 2 heterocycles. The highest BCUT2D eigenvalue weighted by atomic mass is 19.1. The average molecular weight is 338 g/mol. The molecule has 1 amide bonds. The highest BCUT2D eigenvalue weighted by Crippen LogP contribution is 2.19. The van der Waals surface area contributed by atoms with Crippen LogP contribution < -0.4 is 10.1 Å². The standard InChI is InChI=1S/C18H15FN4O2/c1-12-8-21-16(11-20-12)18(24)23-10-13-2-7-17(22-9-13)25-15-5-3-14(19)4-6-15/h2-9,11H,10H2,1H3,(H,23,24). The monoisotopic (exact) mass is 338 g/mol. The van der Waals surface area contributed by atoms with Crippen molar-refractivity contribution < 1.29 is 13.9 Å². The van der Waals surface area contributed by atoms with E-state index in [1.807, 2.05) is 0 Å². The van der Waals surface area contributed by atoms with Crippen molar-refractivity contribution in [2.75, 3.05) is 0 Å². The van der Waals surface area contributed by atoms with E-state index in [2.05, 4.69) is 20.3 Å². The fourth-order valence-electron chi connectivity index (χ4n) is 1.98. The number of rotatable bonds is 5. The summed E-state index contributed by atoms with van der Waals surface area (Å²) in [7, 11) is 0. The van der Waals surface area contributed by atoms with Crippen LogP contribution in [0.25, 0.3) is 0 Å². The van der Waals surface area contributed by atoms with Gasteiger partial charge in [0.25, 0.3) is 5.91 Å². The van der Waals surface area contributed by atoms with Crippen molar-refractivity contribution in [3.63, 3.8) is 0 Å². The number of halogens is 1. The zero-order valence-corrected chi connectivity index (χ0v) is 13.4. The molecule has 0 saturated carbocycles. The number of carbonyl (C=O) groups excluding carboxylic acids is 1. The lowest BCUT2D eigenvalue weighted by molar-refractivity contribution is 0.0945. The zero-order chi connectivity index (χ0) is 17.6. The Labute approximate surface area is 143 Å². The summed E-state index contributed by atoms with van der Waals surface area (Å²) in [4.78, 5) is 24.2. The van der Waals surface area contributed by atoms with Crippen molar-refractivity contribution in [2.24, 2.45) is 0 Å². The summed E-state index contributed by atoms with van der Waals surface area (Å²) in [5.41, 5.74) is 1.81. The van der Waals surface area contributed by atoms with Crippen LogP contribution in [0.1, 0.15) is 21.7 Å². The number of nitrogens with zero attached hydrogens (tertiary/aromatic N) is 3. The number of hydrogen-bond acceptors (Lipinski definition) is 5. The van der Waals surface area contributed by atoms with E-state index in [4.69, 9.17) is 4.74 Å². The Kier molecular flexibility index (Phi) is 4.94. The van der Waals surface area contributed by atoms with Crippen molar-refractivity contribution in [2.45, 2.75) is 13.5 Å². The van der Waals surface area contributed by atoms with Crippen LogP contribution in [0.4, 0.5) is 4.39 Å². The number of carbonyl (C=O) groups is 1. The lowest BCUT2D eigenvalue weighted by Gasteiger charge is -2.07. The van der Waals surface area contributed by atoms with Crippen molar-refractivity contribution in [3.8, 4) is 11.6 Å². The molecule has 0 fully saturated rings. The van der Waals surface area contributed by atoms with Crippen molar-refractivity contribution in [1.29, 1.82) is 0 Å². The van der Waals surface area contributed by atoms with Gasteiger partial charge in [0.1, 0.15) is 17.3 Å². The van der Waals surface area contributed by atoms with Crippen LogP contribution in [0.2, 0.25) is 0 Å². The summed E-state index contributed by atoms with van der Waals surface area (Å²) >= 11 is 0. The molecular formula is C18H15FN4O2. The molecule has 1 aromatic carbocycles. The Bertz CT molecular complexity index is 850. The minimum absolute atomic E-state index is 0.259. The second-order valence-corrected chi connectivity index (χ2v) is 5.29. The molecule has 3 rings (SSSR count). The molecule has 0 aliphatic rings. The highest BCUT2D eigenvalue weighted by molar-refractivity contribution is 5.91. The van der Waals surface area contributed by atoms with Crippen molar-refractivity contribution in [3.05, 3.63) is 77.8 Å². The quantitative estimate of drug-likeness (QED) is 0.774. The number of ether oxygens (including phenoxy) is 1. The Morgan fingerprint density at radius 2 is 1.84 bits per heavy atom. The number of benzene rings is 1. The van der Waals surface area contributed by atoms with Gasteiger partial charge in [-0.2, -0.15) is 0 Å². The average Bonchev–Trinajstić information content (AvgIpc) is 2.63. The Hall–Kier alpha value is -3.35. The lowest BCUT2D eigenvalue weighted by Crippen LogP contribution is -2.24. The fraction of sp³-hybridized carbons (Fsp3) is 0.111.